The van der Waals surface area contributed by atoms with Gasteiger partial charge in [-0.25, -0.2) is 4.79 Å². The number of nitrogens with zero attached hydrogens (tertiary/aromatic N) is 2. The van der Waals surface area contributed by atoms with E-state index in [1.807, 2.05) is 0 Å². The molecule has 1 aromatic heterocycles. The van der Waals surface area contributed by atoms with E-state index in [4.69, 9.17) is 5.73 Å². The van der Waals surface area contributed by atoms with E-state index in [2.05, 4.69) is 10.6 Å². The van der Waals surface area contributed by atoms with Crippen LogP contribution in [0.4, 0.5) is 10.5 Å². The smallest absolute Gasteiger partial charge is 0.316 e. The van der Waals surface area contributed by atoms with Gasteiger partial charge < -0.3 is 25.8 Å². The van der Waals surface area contributed by atoms with Crippen molar-refractivity contribution in [2.24, 2.45) is 7.05 Å². The first-order chi connectivity index (χ1) is 8.41. The Bertz CT molecular complexity index is 439. The maximum absolute atomic E-state index is 11.7. The molecule has 0 radical (unpaired) electrons. The lowest BCUT2D eigenvalue weighted by Crippen LogP contribution is -2.39. The summed E-state index contributed by atoms with van der Waals surface area (Å²) < 4.78 is 1.66. The lowest BCUT2D eigenvalue weighted by molar-refractivity contribution is 0.0945. The number of rotatable bonds is 4. The van der Waals surface area contributed by atoms with Crippen LogP contribution in [0.5, 0.6) is 0 Å². The molecular formula is C11H19N5O2. The minimum Gasteiger partial charge on any atom is -0.397 e. The second kappa shape index (κ2) is 5.95. The zero-order chi connectivity index (χ0) is 13.7. The summed E-state index contributed by atoms with van der Waals surface area (Å²) in [6, 6.07) is 1.42. The molecular weight excluding hydrogens is 234 g/mol. The van der Waals surface area contributed by atoms with Gasteiger partial charge in [0.1, 0.15) is 5.69 Å². The molecule has 0 bridgehead atoms. The molecule has 0 aromatic carbocycles. The van der Waals surface area contributed by atoms with Crippen molar-refractivity contribution >= 4 is 17.6 Å². The van der Waals surface area contributed by atoms with Gasteiger partial charge in [-0.3, -0.25) is 4.79 Å². The predicted molar refractivity (Wildman–Crippen MR) is 69.2 cm³/mol. The fourth-order valence-electron chi connectivity index (χ4n) is 1.41. The summed E-state index contributed by atoms with van der Waals surface area (Å²) in [5, 5.41) is 5.35. The van der Waals surface area contributed by atoms with Gasteiger partial charge >= 0.3 is 6.03 Å². The summed E-state index contributed by atoms with van der Waals surface area (Å²) in [5.41, 5.74) is 6.62. The first-order valence-electron chi connectivity index (χ1n) is 5.57. The van der Waals surface area contributed by atoms with Gasteiger partial charge in [-0.2, -0.15) is 0 Å². The molecule has 0 aliphatic carbocycles. The van der Waals surface area contributed by atoms with Crippen molar-refractivity contribution in [1.82, 2.24) is 20.1 Å². The van der Waals surface area contributed by atoms with Gasteiger partial charge in [-0.05, 0) is 6.07 Å². The molecule has 0 atom stereocenters. The Hall–Kier alpha value is -2.18. The fourth-order valence-corrected chi connectivity index (χ4v) is 1.41. The number of nitrogens with one attached hydrogen (secondary N) is 2. The quantitative estimate of drug-likeness (QED) is 0.638. The number of urea groups is 1. The van der Waals surface area contributed by atoms with Crippen molar-refractivity contribution in [2.75, 3.05) is 32.9 Å². The van der Waals surface area contributed by atoms with Crippen LogP contribution >= 0.6 is 0 Å². The van der Waals surface area contributed by atoms with E-state index in [0.717, 1.165) is 0 Å². The molecule has 1 rings (SSSR count). The summed E-state index contributed by atoms with van der Waals surface area (Å²) >= 11 is 0. The van der Waals surface area contributed by atoms with Gasteiger partial charge in [0.05, 0.1) is 5.69 Å². The lowest BCUT2D eigenvalue weighted by atomic mass is 10.4. The molecule has 0 spiro atoms. The summed E-state index contributed by atoms with van der Waals surface area (Å²) in [7, 11) is 5.06. The number of aromatic nitrogens is 1. The van der Waals surface area contributed by atoms with Crippen molar-refractivity contribution in [1.29, 1.82) is 0 Å². The van der Waals surface area contributed by atoms with Crippen molar-refractivity contribution in [3.8, 4) is 0 Å². The summed E-state index contributed by atoms with van der Waals surface area (Å²) in [6.07, 6.45) is 1.67. The van der Waals surface area contributed by atoms with Gasteiger partial charge in [0.2, 0.25) is 0 Å². The topological polar surface area (TPSA) is 92.4 Å². The van der Waals surface area contributed by atoms with Crippen LogP contribution in [0.1, 0.15) is 10.5 Å². The summed E-state index contributed by atoms with van der Waals surface area (Å²) in [6.45, 7) is 0.742. The van der Waals surface area contributed by atoms with Gasteiger partial charge in [0.25, 0.3) is 5.91 Å². The van der Waals surface area contributed by atoms with Crippen molar-refractivity contribution in [3.05, 3.63) is 18.0 Å². The Morgan fingerprint density at radius 2 is 1.94 bits per heavy atom. The molecule has 3 amide bonds. The zero-order valence-corrected chi connectivity index (χ0v) is 10.9. The Balaban J connectivity index is 2.34. The number of carbonyl (C=O) groups is 2. The third-order valence-corrected chi connectivity index (χ3v) is 2.35. The monoisotopic (exact) mass is 253 g/mol. The molecule has 0 unspecified atom stereocenters. The molecule has 0 fully saturated rings. The molecule has 0 aliphatic heterocycles. The minimum absolute atomic E-state index is 0.188. The predicted octanol–water partition coefficient (Wildman–Crippen LogP) is -0.392. The van der Waals surface area contributed by atoms with E-state index < -0.39 is 0 Å². The molecule has 0 saturated carbocycles. The summed E-state index contributed by atoms with van der Waals surface area (Å²) in [5.74, 6) is -0.215. The summed E-state index contributed by atoms with van der Waals surface area (Å²) in [4.78, 5) is 24.4. The third kappa shape index (κ3) is 3.69. The number of anilines is 1. The van der Waals surface area contributed by atoms with Crippen LogP contribution in [0.3, 0.4) is 0 Å². The average molecular weight is 253 g/mol. The fraction of sp³-hybridized carbons (Fsp3) is 0.455. The van der Waals surface area contributed by atoms with Crippen molar-refractivity contribution in [3.63, 3.8) is 0 Å². The van der Waals surface area contributed by atoms with Crippen LogP contribution in [-0.4, -0.2) is 48.6 Å². The molecule has 1 aromatic rings. The van der Waals surface area contributed by atoms with E-state index >= 15 is 0 Å². The number of nitrogen functional groups attached to an aromatic ring is 1. The lowest BCUT2D eigenvalue weighted by Gasteiger charge is -2.12. The molecule has 7 heteroatoms. The maximum Gasteiger partial charge on any atom is 0.316 e. The van der Waals surface area contributed by atoms with Crippen LogP contribution < -0.4 is 16.4 Å². The highest BCUT2D eigenvalue weighted by atomic mass is 16.2. The molecule has 0 aliphatic rings. The molecule has 0 saturated heterocycles. The Morgan fingerprint density at radius 3 is 2.44 bits per heavy atom. The van der Waals surface area contributed by atoms with Gasteiger partial charge in [-0.15, -0.1) is 0 Å². The van der Waals surface area contributed by atoms with Gasteiger partial charge in [-0.1, -0.05) is 0 Å². The molecule has 100 valence electrons. The Kier molecular flexibility index (Phi) is 4.59. The Morgan fingerprint density at radius 1 is 1.33 bits per heavy atom. The number of hydrogen-bond acceptors (Lipinski definition) is 3. The SMILES string of the molecule is CN(C)C(=O)NCCNC(=O)c1cc(N)cn1C. The number of aryl methyl sites for hydroxylation is 1. The van der Waals surface area contributed by atoms with E-state index in [1.54, 1.807) is 38.0 Å². The van der Waals surface area contributed by atoms with E-state index in [0.29, 0.717) is 24.5 Å². The van der Waals surface area contributed by atoms with Crippen molar-refractivity contribution in [2.45, 2.75) is 0 Å². The molecule has 1 heterocycles. The van der Waals surface area contributed by atoms with E-state index in [9.17, 15) is 9.59 Å². The average Bonchev–Trinajstić information content (AvgIpc) is 2.63. The van der Waals surface area contributed by atoms with E-state index in [1.165, 1.54) is 4.90 Å². The molecule has 4 N–H and O–H groups in total. The highest BCUT2D eigenvalue weighted by Gasteiger charge is 2.10. The second-order valence-corrected chi connectivity index (χ2v) is 4.15. The number of carbonyl (C=O) groups excluding carboxylic acids is 2. The van der Waals surface area contributed by atoms with Gasteiger partial charge in [0.15, 0.2) is 0 Å². The minimum atomic E-state index is -0.215. The number of hydrogen-bond donors (Lipinski definition) is 3. The van der Waals surface area contributed by atoms with Crippen LogP contribution in [0.25, 0.3) is 0 Å². The highest BCUT2D eigenvalue weighted by Crippen LogP contribution is 2.07. The largest absolute Gasteiger partial charge is 0.397 e. The highest BCUT2D eigenvalue weighted by molar-refractivity contribution is 5.93. The number of amides is 3. The normalized spacial score (nSPS) is 9.94. The van der Waals surface area contributed by atoms with Gasteiger partial charge in [0, 0.05) is 40.4 Å². The number of nitrogens with two attached hydrogens (primary N) is 1. The van der Waals surface area contributed by atoms with Crippen LogP contribution in [-0.2, 0) is 7.05 Å². The van der Waals surface area contributed by atoms with Crippen LogP contribution in [0.2, 0.25) is 0 Å². The Labute approximate surface area is 106 Å². The first kappa shape index (κ1) is 13.9. The van der Waals surface area contributed by atoms with Crippen molar-refractivity contribution < 1.29 is 9.59 Å². The van der Waals surface area contributed by atoms with Crippen LogP contribution in [0.15, 0.2) is 12.3 Å². The second-order valence-electron chi connectivity index (χ2n) is 4.15. The van der Waals surface area contributed by atoms with Crippen LogP contribution in [0, 0.1) is 0 Å². The molecule has 18 heavy (non-hydrogen) atoms. The third-order valence-electron chi connectivity index (χ3n) is 2.35. The maximum atomic E-state index is 11.7. The van der Waals surface area contributed by atoms with E-state index in [-0.39, 0.29) is 11.9 Å². The zero-order valence-electron chi connectivity index (χ0n) is 10.9. The standard InChI is InChI=1S/C11H19N5O2/c1-15(2)11(18)14-5-4-13-10(17)9-6-8(12)7-16(9)3/h6-7H,4-5,12H2,1-3H3,(H,13,17)(H,14,18). The first-order valence-corrected chi connectivity index (χ1v) is 5.57. The molecule has 7 nitrogen and oxygen atoms in total.